The topological polar surface area (TPSA) is 96.5 Å². The number of rotatable bonds is 4. The van der Waals surface area contributed by atoms with Crippen molar-refractivity contribution < 1.29 is 19.1 Å². The smallest absolute Gasteiger partial charge is 0.411 e. The summed E-state index contributed by atoms with van der Waals surface area (Å²) in [4.78, 5) is 35.4. The van der Waals surface area contributed by atoms with Gasteiger partial charge in [-0.3, -0.25) is 25.8 Å². The minimum atomic E-state index is -0.605. The van der Waals surface area contributed by atoms with Gasteiger partial charge in [-0.05, 0) is 49.4 Å². The Bertz CT molecular complexity index is 825. The summed E-state index contributed by atoms with van der Waals surface area (Å²) in [5.74, 6) is -1.15. The van der Waals surface area contributed by atoms with Gasteiger partial charge in [0.2, 0.25) is 0 Å². The van der Waals surface area contributed by atoms with Crippen molar-refractivity contribution in [3.8, 4) is 0 Å². The van der Waals surface area contributed by atoms with Crippen LogP contribution in [0.25, 0.3) is 0 Å². The van der Waals surface area contributed by atoms with E-state index in [2.05, 4.69) is 16.2 Å². The fraction of sp³-hybridized carbons (Fsp3) is 0.118. The van der Waals surface area contributed by atoms with E-state index in [9.17, 15) is 14.4 Å². The number of anilines is 1. The van der Waals surface area contributed by atoms with Gasteiger partial charge in [-0.15, -0.1) is 0 Å². The third-order valence-corrected chi connectivity index (χ3v) is 3.70. The van der Waals surface area contributed by atoms with Crippen molar-refractivity contribution in [3.63, 3.8) is 0 Å². The summed E-state index contributed by atoms with van der Waals surface area (Å²) in [7, 11) is 0. The van der Waals surface area contributed by atoms with E-state index in [1.54, 1.807) is 13.0 Å². The van der Waals surface area contributed by atoms with Gasteiger partial charge in [0, 0.05) is 16.3 Å². The van der Waals surface area contributed by atoms with E-state index in [4.69, 9.17) is 27.9 Å². The molecule has 0 aliphatic rings. The number of carbonyl (C=O) groups is 3. The number of nitrogens with one attached hydrogen (secondary N) is 3. The van der Waals surface area contributed by atoms with Crippen LogP contribution in [0.15, 0.2) is 42.5 Å². The van der Waals surface area contributed by atoms with Crippen LogP contribution in [-0.4, -0.2) is 24.5 Å². The number of amides is 3. The van der Waals surface area contributed by atoms with Gasteiger partial charge >= 0.3 is 6.09 Å². The molecule has 2 aromatic carbocycles. The van der Waals surface area contributed by atoms with E-state index in [0.29, 0.717) is 10.7 Å². The molecule has 2 aromatic rings. The molecule has 0 aliphatic carbocycles. The Hall–Kier alpha value is -2.77. The normalized spacial score (nSPS) is 9.96. The lowest BCUT2D eigenvalue weighted by Crippen LogP contribution is -2.41. The minimum Gasteiger partial charge on any atom is -0.450 e. The Morgan fingerprint density at radius 3 is 2.27 bits per heavy atom. The number of hydrazine groups is 1. The average molecular weight is 396 g/mol. The summed E-state index contributed by atoms with van der Waals surface area (Å²) in [5, 5.41) is 3.05. The molecule has 26 heavy (non-hydrogen) atoms. The molecule has 0 unspecified atom stereocenters. The van der Waals surface area contributed by atoms with Gasteiger partial charge in [0.05, 0.1) is 17.2 Å². The van der Waals surface area contributed by atoms with Crippen LogP contribution in [0.4, 0.5) is 10.5 Å². The number of ether oxygens (including phenoxy) is 1. The molecule has 0 radical (unpaired) electrons. The molecule has 7 nitrogen and oxygen atoms in total. The van der Waals surface area contributed by atoms with Gasteiger partial charge in [0.15, 0.2) is 0 Å². The largest absolute Gasteiger partial charge is 0.450 e. The van der Waals surface area contributed by atoms with Gasteiger partial charge < -0.3 is 4.74 Å². The lowest BCUT2D eigenvalue weighted by Gasteiger charge is -2.09. The first-order valence-electron chi connectivity index (χ1n) is 7.50. The highest BCUT2D eigenvalue weighted by atomic mass is 35.5. The molecule has 3 N–H and O–H groups in total. The lowest BCUT2D eigenvalue weighted by molar-refractivity contribution is 0.0847. The van der Waals surface area contributed by atoms with Gasteiger partial charge in [0.1, 0.15) is 0 Å². The van der Waals surface area contributed by atoms with Gasteiger partial charge in [-0.2, -0.15) is 0 Å². The third-order valence-electron chi connectivity index (χ3n) is 3.13. The van der Waals surface area contributed by atoms with Crippen molar-refractivity contribution in [2.45, 2.75) is 6.92 Å². The first-order chi connectivity index (χ1) is 12.4. The van der Waals surface area contributed by atoms with Crippen molar-refractivity contribution in [2.24, 2.45) is 0 Å². The minimum absolute atomic E-state index is 0.133. The second-order valence-corrected chi connectivity index (χ2v) is 5.80. The molecule has 0 aromatic heterocycles. The summed E-state index contributed by atoms with van der Waals surface area (Å²) >= 11 is 11.8. The van der Waals surface area contributed by atoms with Crippen LogP contribution in [0.5, 0.6) is 0 Å². The molecule has 0 fully saturated rings. The molecule has 0 saturated heterocycles. The Balaban J connectivity index is 1.94. The second-order valence-electron chi connectivity index (χ2n) is 4.96. The standard InChI is InChI=1S/C17H15Cl2N3O4/c1-2-26-17(25)20-12-6-3-10(4-7-12)15(23)21-22-16(24)13-9-11(18)5-8-14(13)19/h3-9H,2H2,1H3,(H,20,25)(H,21,23)(H,22,24). The first-order valence-corrected chi connectivity index (χ1v) is 8.26. The van der Waals surface area contributed by atoms with E-state index in [0.717, 1.165) is 0 Å². The average Bonchev–Trinajstić information content (AvgIpc) is 2.62. The first kappa shape index (κ1) is 19.6. The number of halogens is 2. The Morgan fingerprint density at radius 2 is 1.62 bits per heavy atom. The molecular weight excluding hydrogens is 381 g/mol. The number of hydrogen-bond acceptors (Lipinski definition) is 4. The van der Waals surface area contributed by atoms with Crippen molar-refractivity contribution in [2.75, 3.05) is 11.9 Å². The SMILES string of the molecule is CCOC(=O)Nc1ccc(C(=O)NNC(=O)c2cc(Cl)ccc2Cl)cc1. The highest BCUT2D eigenvalue weighted by Crippen LogP contribution is 2.20. The zero-order valence-electron chi connectivity index (χ0n) is 13.6. The zero-order valence-corrected chi connectivity index (χ0v) is 15.1. The quantitative estimate of drug-likeness (QED) is 0.688. The van der Waals surface area contributed by atoms with Crippen molar-refractivity contribution in [3.05, 3.63) is 63.6 Å². The monoisotopic (exact) mass is 395 g/mol. The molecule has 0 aliphatic heterocycles. The van der Waals surface area contributed by atoms with Gasteiger partial charge in [-0.1, -0.05) is 23.2 Å². The maximum absolute atomic E-state index is 12.1. The lowest BCUT2D eigenvalue weighted by atomic mass is 10.2. The number of carbonyl (C=O) groups excluding carboxylic acids is 3. The third kappa shape index (κ3) is 5.37. The van der Waals surface area contributed by atoms with Gasteiger partial charge in [-0.25, -0.2) is 4.79 Å². The van der Waals surface area contributed by atoms with Crippen molar-refractivity contribution in [1.29, 1.82) is 0 Å². The van der Waals surface area contributed by atoms with Crippen molar-refractivity contribution in [1.82, 2.24) is 10.9 Å². The molecule has 0 saturated carbocycles. The second kappa shape index (κ2) is 9.07. The molecule has 136 valence electrons. The van der Waals surface area contributed by atoms with Crippen LogP contribution in [-0.2, 0) is 4.74 Å². The molecule has 0 spiro atoms. The molecule has 3 amide bonds. The van der Waals surface area contributed by atoms with E-state index < -0.39 is 17.9 Å². The van der Waals surface area contributed by atoms with Crippen LogP contribution in [0.1, 0.15) is 27.6 Å². The predicted molar refractivity (Wildman–Crippen MR) is 98.5 cm³/mol. The summed E-state index contributed by atoms with van der Waals surface area (Å²) in [6.07, 6.45) is -0.588. The summed E-state index contributed by atoms with van der Waals surface area (Å²) in [6, 6.07) is 10.4. The van der Waals surface area contributed by atoms with Crippen LogP contribution in [0, 0.1) is 0 Å². The molecule has 0 bridgehead atoms. The van der Waals surface area contributed by atoms with Crippen LogP contribution in [0.2, 0.25) is 10.0 Å². The summed E-state index contributed by atoms with van der Waals surface area (Å²) < 4.78 is 4.75. The van der Waals surface area contributed by atoms with Crippen LogP contribution < -0.4 is 16.2 Å². The number of benzene rings is 2. The maximum atomic E-state index is 12.1. The summed E-state index contributed by atoms with van der Waals surface area (Å²) in [5.41, 5.74) is 5.40. The highest BCUT2D eigenvalue weighted by Gasteiger charge is 2.13. The van der Waals surface area contributed by atoms with Gasteiger partial charge in [0.25, 0.3) is 11.8 Å². The van der Waals surface area contributed by atoms with Crippen molar-refractivity contribution >= 4 is 46.8 Å². The van der Waals surface area contributed by atoms with Crippen LogP contribution in [0.3, 0.4) is 0 Å². The Labute approximate surface area is 159 Å². The molecule has 9 heteroatoms. The highest BCUT2D eigenvalue weighted by molar-refractivity contribution is 6.35. The molecule has 0 atom stereocenters. The van der Waals surface area contributed by atoms with E-state index >= 15 is 0 Å². The van der Waals surface area contributed by atoms with E-state index in [1.807, 2.05) is 0 Å². The fourth-order valence-corrected chi connectivity index (χ4v) is 2.29. The zero-order chi connectivity index (χ0) is 19.1. The number of hydrogen-bond donors (Lipinski definition) is 3. The molecule has 2 rings (SSSR count). The Kier molecular flexibility index (Phi) is 6.82. The fourth-order valence-electron chi connectivity index (χ4n) is 1.91. The molecule has 0 heterocycles. The van der Waals surface area contributed by atoms with Crippen LogP contribution >= 0.6 is 23.2 Å². The summed E-state index contributed by atoms with van der Waals surface area (Å²) in [6.45, 7) is 1.94. The van der Waals surface area contributed by atoms with E-state index in [-0.39, 0.29) is 22.8 Å². The predicted octanol–water partition coefficient (Wildman–Crippen LogP) is 3.64. The van der Waals surface area contributed by atoms with E-state index in [1.165, 1.54) is 36.4 Å². The maximum Gasteiger partial charge on any atom is 0.411 e. The molecular formula is C17H15Cl2N3O4. The Morgan fingerprint density at radius 1 is 0.962 bits per heavy atom.